The maximum absolute atomic E-state index is 7.30. The fourth-order valence-corrected chi connectivity index (χ4v) is 9.72. The second-order valence-corrected chi connectivity index (χ2v) is 23.6. The summed E-state index contributed by atoms with van der Waals surface area (Å²) in [6, 6.07) is 53.1. The van der Waals surface area contributed by atoms with Gasteiger partial charge in [-0.1, -0.05) is 182 Å². The Balaban J connectivity index is 1.23. The molecule has 68 heavy (non-hydrogen) atoms. The fourth-order valence-electron chi connectivity index (χ4n) is 9.72. The summed E-state index contributed by atoms with van der Waals surface area (Å²) in [5.74, 6) is 2.43. The lowest BCUT2D eigenvalue weighted by molar-refractivity contribution is 0.481. The first-order valence-electron chi connectivity index (χ1n) is 24.4. The second kappa shape index (κ2) is 16.9. The van der Waals surface area contributed by atoms with Gasteiger partial charge < -0.3 is 14.5 Å². The van der Waals surface area contributed by atoms with Crippen molar-refractivity contribution in [2.24, 2.45) is 5.41 Å². The quantitative estimate of drug-likeness (QED) is 0.152. The van der Waals surface area contributed by atoms with Gasteiger partial charge in [-0.2, -0.15) is 0 Å². The minimum Gasteiger partial charge on any atom is -0.457 e. The number of ether oxygens (including phenoxy) is 1. The molecule has 0 unspecified atom stereocenters. The zero-order valence-electron chi connectivity index (χ0n) is 42.9. The summed E-state index contributed by atoms with van der Waals surface area (Å²) in [6.45, 7) is 33.0. The van der Waals surface area contributed by atoms with Crippen molar-refractivity contribution in [3.05, 3.63) is 192 Å². The summed E-state index contributed by atoms with van der Waals surface area (Å²) in [5.41, 5.74) is 13.7. The van der Waals surface area contributed by atoms with E-state index in [1.165, 1.54) is 50.0 Å². The molecule has 5 heteroatoms. The minimum absolute atomic E-state index is 0.00217. The van der Waals surface area contributed by atoms with Gasteiger partial charge in [0.05, 0.1) is 17.7 Å². The van der Waals surface area contributed by atoms with Crippen LogP contribution in [0.25, 0.3) is 38.8 Å². The van der Waals surface area contributed by atoms with Crippen LogP contribution in [0.5, 0.6) is 11.5 Å². The Kier molecular flexibility index (Phi) is 11.5. The van der Waals surface area contributed by atoms with Crippen molar-refractivity contribution in [2.75, 3.05) is 16.5 Å². The number of fused-ring (bicyclic) bond motifs is 3. The Hall–Kier alpha value is -6.59. The molecular formula is C63H70N4O. The van der Waals surface area contributed by atoms with Crippen molar-refractivity contribution in [1.82, 2.24) is 9.55 Å². The van der Waals surface area contributed by atoms with Crippen LogP contribution in [0.4, 0.5) is 11.4 Å². The zero-order valence-corrected chi connectivity index (χ0v) is 42.9. The summed E-state index contributed by atoms with van der Waals surface area (Å²) in [5, 5.41) is 2.39. The van der Waals surface area contributed by atoms with E-state index in [1.807, 2.05) is 6.20 Å². The van der Waals surface area contributed by atoms with Crippen molar-refractivity contribution >= 4 is 33.2 Å². The van der Waals surface area contributed by atoms with Gasteiger partial charge in [0, 0.05) is 63.2 Å². The van der Waals surface area contributed by atoms with Crippen LogP contribution in [0.15, 0.2) is 164 Å². The lowest BCUT2D eigenvalue weighted by atomic mass is 9.76. The Morgan fingerprint density at radius 2 is 1.07 bits per heavy atom. The predicted molar refractivity (Wildman–Crippen MR) is 289 cm³/mol. The Labute approximate surface area is 406 Å². The van der Waals surface area contributed by atoms with Crippen LogP contribution in [0.1, 0.15) is 125 Å². The number of benzene rings is 6. The second-order valence-electron chi connectivity index (χ2n) is 23.6. The molecule has 0 N–H and O–H groups in total. The van der Waals surface area contributed by atoms with Crippen molar-refractivity contribution in [3.8, 4) is 28.4 Å². The molecule has 2 aromatic heterocycles. The van der Waals surface area contributed by atoms with E-state index in [9.17, 15) is 0 Å². The molecule has 1 aliphatic heterocycles. The van der Waals surface area contributed by atoms with Gasteiger partial charge in [-0.25, -0.2) is 4.98 Å². The minimum atomic E-state index is -0.379. The van der Waals surface area contributed by atoms with Gasteiger partial charge in [0.1, 0.15) is 17.3 Å². The van der Waals surface area contributed by atoms with Crippen LogP contribution in [-0.4, -0.2) is 16.2 Å². The maximum atomic E-state index is 7.30. The Bertz CT molecular complexity index is 3150. The van der Waals surface area contributed by atoms with Gasteiger partial charge in [0.2, 0.25) is 0 Å². The molecule has 0 amide bonds. The molecule has 0 spiro atoms. The van der Waals surface area contributed by atoms with Crippen LogP contribution >= 0.6 is 0 Å². The molecule has 0 fully saturated rings. The van der Waals surface area contributed by atoms with Crippen molar-refractivity contribution in [1.29, 1.82) is 0 Å². The van der Waals surface area contributed by atoms with E-state index in [2.05, 4.69) is 263 Å². The van der Waals surface area contributed by atoms with E-state index >= 15 is 0 Å². The molecule has 0 saturated heterocycles. The molecule has 6 aromatic carbocycles. The molecule has 8 aromatic rings. The molecule has 0 aliphatic carbocycles. The number of anilines is 2. The number of hydrogen-bond acceptors (Lipinski definition) is 4. The molecular weight excluding hydrogens is 829 g/mol. The standard InChI is InChI=1S/C63H70N4O/c1-59(2,3)45-29-30-64-57(36-45)67-54-28-22-21-27-52(54)58-53(63(13,14)44-25-19-16-20-26-44)38-51(39-55(58)67)68-50-32-43(42-23-17-15-18-24-42)31-48(37-50)65-40-56(62(10,11)12)66(41-65)49-34-46(60(4,5)6)33-47(35-49)61(7,8)9/h15-40H,41H2,1-14H3. The lowest BCUT2D eigenvalue weighted by Gasteiger charge is -2.34. The average molecular weight is 899 g/mol. The molecule has 348 valence electrons. The third-order valence-electron chi connectivity index (χ3n) is 13.9. The molecule has 1 aliphatic rings. The van der Waals surface area contributed by atoms with E-state index in [4.69, 9.17) is 9.72 Å². The van der Waals surface area contributed by atoms with Crippen LogP contribution in [0.3, 0.4) is 0 Å². The first-order chi connectivity index (χ1) is 32.0. The van der Waals surface area contributed by atoms with E-state index in [1.54, 1.807) is 0 Å². The van der Waals surface area contributed by atoms with E-state index < -0.39 is 0 Å². The van der Waals surface area contributed by atoms with Gasteiger partial charge >= 0.3 is 0 Å². The smallest absolute Gasteiger partial charge is 0.137 e. The third-order valence-corrected chi connectivity index (χ3v) is 13.9. The highest BCUT2D eigenvalue weighted by Gasteiger charge is 2.34. The molecule has 9 rings (SSSR count). The van der Waals surface area contributed by atoms with E-state index in [-0.39, 0.29) is 27.1 Å². The lowest BCUT2D eigenvalue weighted by Crippen LogP contribution is -2.31. The van der Waals surface area contributed by atoms with Crippen molar-refractivity contribution in [3.63, 3.8) is 0 Å². The number of rotatable bonds is 8. The number of para-hydroxylation sites is 1. The summed E-state index contributed by atoms with van der Waals surface area (Å²) >= 11 is 0. The SMILES string of the molecule is CC(C)(C)C1=CN(c2cc(Oc3cc(C(C)(C)c4ccccc4)c4c5ccccc5n(-c5cc(C(C)(C)C)ccn5)c4c3)cc(-c3ccccc3)c2)CN1c1cc(C(C)(C)C)cc(C(C)(C)C)c1. The molecule has 0 atom stereocenters. The van der Waals surface area contributed by atoms with E-state index in [0.717, 1.165) is 45.2 Å². The third kappa shape index (κ3) is 8.96. The van der Waals surface area contributed by atoms with E-state index in [0.29, 0.717) is 6.67 Å². The van der Waals surface area contributed by atoms with Gasteiger partial charge in [-0.3, -0.25) is 4.57 Å². The predicted octanol–water partition coefficient (Wildman–Crippen LogP) is 17.0. The topological polar surface area (TPSA) is 33.5 Å². The van der Waals surface area contributed by atoms with Gasteiger partial charge in [0.15, 0.2) is 0 Å². The molecule has 5 nitrogen and oxygen atoms in total. The van der Waals surface area contributed by atoms with Crippen LogP contribution in [-0.2, 0) is 21.7 Å². The Morgan fingerprint density at radius 3 is 1.71 bits per heavy atom. The molecule has 0 bridgehead atoms. The summed E-state index contributed by atoms with van der Waals surface area (Å²) < 4.78 is 9.64. The average Bonchev–Trinajstić information content (AvgIpc) is 3.90. The monoisotopic (exact) mass is 899 g/mol. The van der Waals surface area contributed by atoms with Crippen molar-refractivity contribution in [2.45, 2.75) is 119 Å². The summed E-state index contributed by atoms with van der Waals surface area (Å²) in [7, 11) is 0. The first-order valence-corrected chi connectivity index (χ1v) is 24.4. The highest BCUT2D eigenvalue weighted by molar-refractivity contribution is 6.11. The number of allylic oxidation sites excluding steroid dienone is 1. The number of pyridine rings is 1. The molecule has 0 radical (unpaired) electrons. The summed E-state index contributed by atoms with van der Waals surface area (Å²) in [4.78, 5) is 9.98. The Morgan fingerprint density at radius 1 is 0.471 bits per heavy atom. The summed E-state index contributed by atoms with van der Waals surface area (Å²) in [6.07, 6.45) is 4.31. The fraction of sp³-hybridized carbons (Fsp3) is 0.317. The van der Waals surface area contributed by atoms with Crippen LogP contribution in [0.2, 0.25) is 0 Å². The highest BCUT2D eigenvalue weighted by Crippen LogP contribution is 2.47. The number of aromatic nitrogens is 2. The van der Waals surface area contributed by atoms with Crippen LogP contribution in [0, 0.1) is 5.41 Å². The number of nitrogens with zero attached hydrogens (tertiary/aromatic N) is 4. The zero-order chi connectivity index (χ0) is 48.6. The first kappa shape index (κ1) is 46.5. The number of hydrogen-bond donors (Lipinski definition) is 0. The highest BCUT2D eigenvalue weighted by atomic mass is 16.5. The van der Waals surface area contributed by atoms with Gasteiger partial charge in [-0.05, 0) is 104 Å². The van der Waals surface area contributed by atoms with Gasteiger partial charge in [0.25, 0.3) is 0 Å². The molecule has 3 heterocycles. The van der Waals surface area contributed by atoms with Crippen LogP contribution < -0.4 is 14.5 Å². The molecule has 0 saturated carbocycles. The maximum Gasteiger partial charge on any atom is 0.137 e. The van der Waals surface area contributed by atoms with Crippen molar-refractivity contribution < 1.29 is 4.74 Å². The largest absolute Gasteiger partial charge is 0.457 e. The normalized spacial score (nSPS) is 14.0. The van der Waals surface area contributed by atoms with Gasteiger partial charge in [-0.15, -0.1) is 0 Å².